The molecule has 1 amide bonds. The molecule has 32 heavy (non-hydrogen) atoms. The molecule has 4 rings (SSSR count). The highest BCUT2D eigenvalue weighted by atomic mass is 16.5. The van der Waals surface area contributed by atoms with Gasteiger partial charge in [0, 0.05) is 63.1 Å². The van der Waals surface area contributed by atoms with E-state index in [-0.39, 0.29) is 5.91 Å². The number of methoxy groups -OCH3 is 1. The molecule has 6 nitrogen and oxygen atoms in total. The van der Waals surface area contributed by atoms with Crippen molar-refractivity contribution in [2.45, 2.75) is 25.8 Å². The third-order valence-electron chi connectivity index (χ3n) is 6.55. The Bertz CT molecular complexity index is 874. The summed E-state index contributed by atoms with van der Waals surface area (Å²) in [4.78, 5) is 19.9. The van der Waals surface area contributed by atoms with Gasteiger partial charge in [-0.05, 0) is 55.8 Å². The first kappa shape index (κ1) is 22.6. The second-order valence-corrected chi connectivity index (χ2v) is 8.82. The fourth-order valence-electron chi connectivity index (χ4n) is 4.65. The summed E-state index contributed by atoms with van der Waals surface area (Å²) in [6.07, 6.45) is 3.90. The smallest absolute Gasteiger partial charge is 0.251 e. The molecule has 0 saturated carbocycles. The molecule has 0 unspecified atom stereocenters. The second-order valence-electron chi connectivity index (χ2n) is 8.82. The summed E-state index contributed by atoms with van der Waals surface area (Å²) >= 11 is 0. The number of hydrogen-bond donors (Lipinski definition) is 1. The standard InChI is InChI=1S/C26H36N4O2/c1-32-25-10-6-9-24(20-25)30-17-15-29(16-18-30)21-22-7-5-8-23(19-22)26(31)27-11-14-28-12-3-2-4-13-28/h5-10,19-20H,2-4,11-18,21H2,1H3,(H,27,31). The summed E-state index contributed by atoms with van der Waals surface area (Å²) in [6, 6.07) is 16.4. The Labute approximate surface area is 192 Å². The molecule has 2 aliphatic heterocycles. The highest BCUT2D eigenvalue weighted by Crippen LogP contribution is 2.22. The molecule has 2 aliphatic rings. The van der Waals surface area contributed by atoms with Crippen molar-refractivity contribution in [1.82, 2.24) is 15.1 Å². The molecular weight excluding hydrogens is 400 g/mol. The molecule has 0 bridgehead atoms. The minimum absolute atomic E-state index is 0.0340. The zero-order chi connectivity index (χ0) is 22.2. The van der Waals surface area contributed by atoms with Crippen LogP contribution >= 0.6 is 0 Å². The molecule has 2 aromatic carbocycles. The maximum absolute atomic E-state index is 12.6. The lowest BCUT2D eigenvalue weighted by Crippen LogP contribution is -2.46. The van der Waals surface area contributed by atoms with Crippen LogP contribution in [0, 0.1) is 0 Å². The predicted octanol–water partition coefficient (Wildman–Crippen LogP) is 3.23. The first-order valence-electron chi connectivity index (χ1n) is 11.9. The number of benzene rings is 2. The number of piperidine rings is 1. The van der Waals surface area contributed by atoms with E-state index in [1.54, 1.807) is 7.11 Å². The van der Waals surface area contributed by atoms with Gasteiger partial charge in [-0.1, -0.05) is 24.6 Å². The number of amides is 1. The molecule has 0 aliphatic carbocycles. The van der Waals surface area contributed by atoms with E-state index in [1.165, 1.54) is 30.5 Å². The van der Waals surface area contributed by atoms with Crippen molar-refractivity contribution in [3.63, 3.8) is 0 Å². The summed E-state index contributed by atoms with van der Waals surface area (Å²) in [6.45, 7) is 8.85. The number of nitrogens with one attached hydrogen (secondary N) is 1. The summed E-state index contributed by atoms with van der Waals surface area (Å²) in [5.74, 6) is 0.933. The highest BCUT2D eigenvalue weighted by Gasteiger charge is 2.18. The topological polar surface area (TPSA) is 48.1 Å². The molecule has 0 atom stereocenters. The first-order chi connectivity index (χ1) is 15.7. The van der Waals surface area contributed by atoms with Crippen LogP contribution in [0.1, 0.15) is 35.2 Å². The van der Waals surface area contributed by atoms with Gasteiger partial charge in [-0.15, -0.1) is 0 Å². The third kappa shape index (κ3) is 6.24. The molecule has 2 heterocycles. The van der Waals surface area contributed by atoms with Crippen LogP contribution in [0.25, 0.3) is 0 Å². The van der Waals surface area contributed by atoms with E-state index in [0.717, 1.165) is 70.2 Å². The fourth-order valence-corrected chi connectivity index (χ4v) is 4.65. The van der Waals surface area contributed by atoms with Crippen LogP contribution in [0.5, 0.6) is 5.75 Å². The quantitative estimate of drug-likeness (QED) is 0.689. The summed E-state index contributed by atoms with van der Waals surface area (Å²) in [5.41, 5.74) is 3.17. The van der Waals surface area contributed by atoms with E-state index in [2.05, 4.69) is 38.2 Å². The van der Waals surface area contributed by atoms with Gasteiger partial charge in [0.15, 0.2) is 0 Å². The lowest BCUT2D eigenvalue weighted by molar-refractivity contribution is 0.0946. The monoisotopic (exact) mass is 436 g/mol. The number of carbonyl (C=O) groups is 1. The number of anilines is 1. The Morgan fingerprint density at radius 3 is 2.47 bits per heavy atom. The van der Waals surface area contributed by atoms with Crippen LogP contribution in [0.15, 0.2) is 48.5 Å². The Kier molecular flexibility index (Phi) is 8.02. The van der Waals surface area contributed by atoms with Crippen LogP contribution in [0.4, 0.5) is 5.69 Å². The fraction of sp³-hybridized carbons (Fsp3) is 0.500. The van der Waals surface area contributed by atoms with Crippen molar-refractivity contribution >= 4 is 11.6 Å². The van der Waals surface area contributed by atoms with Crippen LogP contribution in [-0.4, -0.2) is 75.2 Å². The molecule has 0 radical (unpaired) electrons. The SMILES string of the molecule is COc1cccc(N2CCN(Cc3cccc(C(=O)NCCN4CCCCC4)c3)CC2)c1. The van der Waals surface area contributed by atoms with Gasteiger partial charge in [0.05, 0.1) is 7.11 Å². The van der Waals surface area contributed by atoms with E-state index >= 15 is 0 Å². The molecular formula is C26H36N4O2. The van der Waals surface area contributed by atoms with E-state index in [1.807, 2.05) is 30.3 Å². The first-order valence-corrected chi connectivity index (χ1v) is 11.9. The number of hydrogen-bond acceptors (Lipinski definition) is 5. The lowest BCUT2D eigenvalue weighted by atomic mass is 10.1. The molecule has 172 valence electrons. The minimum Gasteiger partial charge on any atom is -0.497 e. The number of carbonyl (C=O) groups excluding carboxylic acids is 1. The van der Waals surface area contributed by atoms with Crippen molar-refractivity contribution in [3.05, 3.63) is 59.7 Å². The number of rotatable bonds is 8. The maximum Gasteiger partial charge on any atom is 0.251 e. The number of likely N-dealkylation sites (tertiary alicyclic amines) is 1. The Morgan fingerprint density at radius 1 is 0.906 bits per heavy atom. The van der Waals surface area contributed by atoms with Crippen molar-refractivity contribution in [3.8, 4) is 5.75 Å². The normalized spacial score (nSPS) is 17.8. The van der Waals surface area contributed by atoms with Gasteiger partial charge in [0.2, 0.25) is 0 Å². The van der Waals surface area contributed by atoms with Gasteiger partial charge >= 0.3 is 0 Å². The molecule has 0 aromatic heterocycles. The second kappa shape index (κ2) is 11.3. The lowest BCUT2D eigenvalue weighted by Gasteiger charge is -2.36. The van der Waals surface area contributed by atoms with Gasteiger partial charge in [-0.3, -0.25) is 9.69 Å². The summed E-state index contributed by atoms with van der Waals surface area (Å²) in [5, 5.41) is 3.10. The van der Waals surface area contributed by atoms with Crippen LogP contribution in [-0.2, 0) is 6.54 Å². The van der Waals surface area contributed by atoms with E-state index in [9.17, 15) is 4.79 Å². The zero-order valence-corrected chi connectivity index (χ0v) is 19.3. The number of piperazine rings is 1. The predicted molar refractivity (Wildman–Crippen MR) is 130 cm³/mol. The van der Waals surface area contributed by atoms with Crippen molar-refractivity contribution in [2.75, 3.05) is 64.4 Å². The third-order valence-corrected chi connectivity index (χ3v) is 6.55. The largest absolute Gasteiger partial charge is 0.497 e. The zero-order valence-electron chi connectivity index (χ0n) is 19.3. The minimum atomic E-state index is 0.0340. The Balaban J connectivity index is 1.24. The van der Waals surface area contributed by atoms with Gasteiger partial charge in [-0.25, -0.2) is 0 Å². The summed E-state index contributed by atoms with van der Waals surface area (Å²) in [7, 11) is 1.71. The molecule has 2 fully saturated rings. The van der Waals surface area contributed by atoms with Gasteiger partial charge < -0.3 is 19.9 Å². The molecule has 2 saturated heterocycles. The van der Waals surface area contributed by atoms with Gasteiger partial charge in [0.1, 0.15) is 5.75 Å². The Morgan fingerprint density at radius 2 is 1.69 bits per heavy atom. The average Bonchev–Trinajstić information content (AvgIpc) is 2.85. The number of nitrogens with zero attached hydrogens (tertiary/aromatic N) is 3. The van der Waals surface area contributed by atoms with Crippen molar-refractivity contribution in [2.24, 2.45) is 0 Å². The Hall–Kier alpha value is -2.57. The molecule has 1 N–H and O–H groups in total. The van der Waals surface area contributed by atoms with E-state index in [0.29, 0.717) is 0 Å². The van der Waals surface area contributed by atoms with E-state index < -0.39 is 0 Å². The molecule has 0 spiro atoms. The van der Waals surface area contributed by atoms with E-state index in [4.69, 9.17) is 4.74 Å². The molecule has 2 aromatic rings. The van der Waals surface area contributed by atoms with Gasteiger partial charge in [-0.2, -0.15) is 0 Å². The molecule has 6 heteroatoms. The summed E-state index contributed by atoms with van der Waals surface area (Å²) < 4.78 is 5.36. The maximum atomic E-state index is 12.6. The van der Waals surface area contributed by atoms with Crippen LogP contribution in [0.3, 0.4) is 0 Å². The average molecular weight is 437 g/mol. The highest BCUT2D eigenvalue weighted by molar-refractivity contribution is 5.94. The van der Waals surface area contributed by atoms with Gasteiger partial charge in [0.25, 0.3) is 5.91 Å². The van der Waals surface area contributed by atoms with Crippen molar-refractivity contribution < 1.29 is 9.53 Å². The number of ether oxygens (including phenoxy) is 1. The van der Waals surface area contributed by atoms with Crippen molar-refractivity contribution in [1.29, 1.82) is 0 Å². The van der Waals surface area contributed by atoms with Crippen LogP contribution in [0.2, 0.25) is 0 Å². The van der Waals surface area contributed by atoms with Crippen LogP contribution < -0.4 is 15.0 Å².